The first-order valence-electron chi connectivity index (χ1n) is 21.2. The minimum Gasteiger partial charge on any atom is -0.800 e. The number of amides is 5. The van der Waals surface area contributed by atoms with Crippen LogP contribution in [-0.4, -0.2) is 207 Å². The first-order valence-corrected chi connectivity index (χ1v) is 24.0. The van der Waals surface area contributed by atoms with Gasteiger partial charge in [-0.25, -0.2) is 0 Å². The Morgan fingerprint density at radius 1 is 0.460 bits per heavy atom. The van der Waals surface area contributed by atoms with Crippen LogP contribution in [0, 0.1) is 0 Å². The predicted octanol–water partition coefficient (Wildman–Crippen LogP) is -1.59. The first kappa shape index (κ1) is 60.5. The Morgan fingerprint density at radius 2 is 0.794 bits per heavy atom. The Kier molecular flexibility index (Phi) is 40.5. The summed E-state index contributed by atoms with van der Waals surface area (Å²) in [5, 5.41) is 13.5. The molecule has 0 aromatic rings. The molecule has 0 saturated heterocycles. The molecule has 370 valence electrons. The molecular formula is C39H75N5O17PS-. The van der Waals surface area contributed by atoms with Crippen molar-refractivity contribution in [2.75, 3.05) is 160 Å². The fourth-order valence-corrected chi connectivity index (χ4v) is 5.59. The quantitative estimate of drug-likeness (QED) is 0.0340. The Morgan fingerprint density at radius 3 is 1.21 bits per heavy atom. The molecule has 24 heteroatoms. The van der Waals surface area contributed by atoms with Crippen molar-refractivity contribution in [2.45, 2.75) is 63.7 Å². The Hall–Kier alpha value is -2.48. The summed E-state index contributed by atoms with van der Waals surface area (Å²) in [4.78, 5) is 76.8. The Labute approximate surface area is 378 Å². The summed E-state index contributed by atoms with van der Waals surface area (Å²) in [7, 11) is 4.64. The molecule has 0 aliphatic carbocycles. The van der Waals surface area contributed by atoms with Gasteiger partial charge in [0.1, 0.15) is 12.1 Å². The van der Waals surface area contributed by atoms with Gasteiger partial charge in [0.2, 0.25) is 29.5 Å². The third-order valence-corrected chi connectivity index (χ3v) is 11.7. The van der Waals surface area contributed by atoms with E-state index in [9.17, 15) is 28.9 Å². The van der Waals surface area contributed by atoms with E-state index in [0.29, 0.717) is 66.1 Å². The van der Waals surface area contributed by atoms with Gasteiger partial charge in [-0.05, 0) is 25.0 Å². The lowest BCUT2D eigenvalue weighted by Crippen LogP contribution is -2.50. The molecule has 0 aliphatic heterocycles. The minimum atomic E-state index is -3.03. The zero-order valence-corrected chi connectivity index (χ0v) is 39.6. The fourth-order valence-electron chi connectivity index (χ4n) is 4.74. The summed E-state index contributed by atoms with van der Waals surface area (Å²) in [6, 6.07) is -2.16. The van der Waals surface area contributed by atoms with Gasteiger partial charge in [-0.1, -0.05) is 25.7 Å². The lowest BCUT2D eigenvalue weighted by Gasteiger charge is -2.31. The van der Waals surface area contributed by atoms with Crippen LogP contribution in [0.25, 0.3) is 0 Å². The fraction of sp³-hybridized carbons (Fsp3) is 0.872. The molecule has 0 saturated carbocycles. The highest BCUT2D eigenvalue weighted by atomic mass is 32.5. The number of ether oxygens (including phenoxy) is 10. The van der Waals surface area contributed by atoms with Gasteiger partial charge in [-0.15, -0.1) is 0 Å². The van der Waals surface area contributed by atoms with E-state index in [0.717, 1.165) is 0 Å². The molecule has 0 fully saturated rings. The molecule has 0 bridgehead atoms. The normalized spacial score (nSPS) is 13.3. The molecule has 3 atom stereocenters. The highest BCUT2D eigenvalue weighted by Crippen LogP contribution is 2.42. The number of rotatable bonds is 45. The maximum atomic E-state index is 13.2. The van der Waals surface area contributed by atoms with E-state index in [-0.39, 0.29) is 116 Å². The minimum absolute atomic E-state index is 0.00447. The first-order chi connectivity index (χ1) is 30.4. The van der Waals surface area contributed by atoms with Gasteiger partial charge >= 0.3 is 0 Å². The molecule has 0 aliphatic rings. The van der Waals surface area contributed by atoms with E-state index in [1.165, 1.54) is 0 Å². The molecule has 22 nitrogen and oxygen atoms in total. The van der Waals surface area contributed by atoms with Gasteiger partial charge in [-0.3, -0.25) is 24.0 Å². The molecule has 0 spiro atoms. The van der Waals surface area contributed by atoms with Gasteiger partial charge in [0.25, 0.3) is 0 Å². The summed E-state index contributed by atoms with van der Waals surface area (Å²) in [6.45, 7) is 6.26. The second-order valence-corrected chi connectivity index (χ2v) is 17.6. The Bertz CT molecular complexity index is 1250. The van der Waals surface area contributed by atoms with Crippen molar-refractivity contribution in [3.05, 3.63) is 0 Å². The van der Waals surface area contributed by atoms with E-state index in [1.54, 1.807) is 35.2 Å². The monoisotopic (exact) mass is 948 g/mol. The summed E-state index contributed by atoms with van der Waals surface area (Å²) in [5.74, 6) is -2.42. The number of nitrogens with one attached hydrogen (secondary N) is 5. The van der Waals surface area contributed by atoms with Crippen molar-refractivity contribution in [1.29, 1.82) is 0 Å². The summed E-state index contributed by atoms with van der Waals surface area (Å²) >= 11 is 4.95. The molecule has 5 amide bonds. The van der Waals surface area contributed by atoms with Gasteiger partial charge < -0.3 is 83.4 Å². The summed E-state index contributed by atoms with van der Waals surface area (Å²) < 4.78 is 58.0. The van der Waals surface area contributed by atoms with Crippen molar-refractivity contribution in [3.8, 4) is 0 Å². The van der Waals surface area contributed by atoms with Crippen molar-refractivity contribution < 1.29 is 80.8 Å². The van der Waals surface area contributed by atoms with Crippen molar-refractivity contribution in [3.63, 3.8) is 0 Å². The van der Waals surface area contributed by atoms with Crippen LogP contribution in [0.3, 0.4) is 0 Å². The highest BCUT2D eigenvalue weighted by Gasteiger charge is 2.25. The summed E-state index contributed by atoms with van der Waals surface area (Å²) in [5.41, 5.74) is -0.224. The summed E-state index contributed by atoms with van der Waals surface area (Å²) in [6.07, 6.45) is -0.449. The van der Waals surface area contributed by atoms with E-state index in [2.05, 4.69) is 26.6 Å². The molecular weight excluding hydrogens is 873 g/mol. The largest absolute Gasteiger partial charge is 0.800 e. The van der Waals surface area contributed by atoms with Crippen LogP contribution in [0.2, 0.25) is 0 Å². The average Bonchev–Trinajstić information content (AvgIpc) is 3.25. The molecule has 0 heterocycles. The zero-order chi connectivity index (χ0) is 46.8. The highest BCUT2D eigenvalue weighted by molar-refractivity contribution is 8.09. The third-order valence-electron chi connectivity index (χ3n) is 8.30. The van der Waals surface area contributed by atoms with Gasteiger partial charge in [0.05, 0.1) is 119 Å². The van der Waals surface area contributed by atoms with Crippen LogP contribution in [0.15, 0.2) is 0 Å². The van der Waals surface area contributed by atoms with Gasteiger partial charge in [0, 0.05) is 60.2 Å². The van der Waals surface area contributed by atoms with Crippen LogP contribution < -0.4 is 31.5 Å². The van der Waals surface area contributed by atoms with Gasteiger partial charge in [0.15, 0.2) is 0 Å². The number of hydrogen-bond acceptors (Lipinski definition) is 18. The maximum Gasteiger partial charge on any atom is 0.242 e. The number of carbonyl (C=O) groups excluding carboxylic acids is 5. The average molecular weight is 949 g/mol. The molecule has 0 aromatic carbocycles. The number of hydrogen-bond donors (Lipinski definition) is 5. The Balaban J connectivity index is 4.93. The topological polar surface area (TPSA) is 270 Å². The van der Waals surface area contributed by atoms with E-state index < -0.39 is 42.2 Å². The van der Waals surface area contributed by atoms with Crippen LogP contribution in [0.5, 0.6) is 0 Å². The molecule has 3 unspecified atom stereocenters. The van der Waals surface area contributed by atoms with Crippen LogP contribution in [0.4, 0.5) is 0 Å². The van der Waals surface area contributed by atoms with Crippen LogP contribution >= 0.6 is 6.49 Å². The van der Waals surface area contributed by atoms with Crippen molar-refractivity contribution in [2.24, 2.45) is 0 Å². The SMILES string of the molecule is COCCOCCNC(=O)CCC(NC(=O)CCC(NC(=O)CCOCCOCCOCCOCCOP([O-])(=S)C(C)C)C(=O)NCCOCCOC)C(=O)NCCOCCOC. The molecule has 63 heavy (non-hydrogen) atoms. The van der Waals surface area contributed by atoms with Crippen LogP contribution in [-0.2, 0) is 87.7 Å². The maximum absolute atomic E-state index is 13.2. The van der Waals surface area contributed by atoms with Crippen molar-refractivity contribution in [1.82, 2.24) is 26.6 Å². The second kappa shape index (κ2) is 42.2. The number of carbonyl (C=O) groups is 5. The molecule has 0 rings (SSSR count). The second-order valence-electron chi connectivity index (χ2n) is 13.7. The standard InChI is InChI=1S/C39H76N5O17PS/c1-32(2)62(50,63)61-31-30-60-29-28-59-27-26-58-25-24-54-14-10-37(47)44-34(39(49)42-13-17-57-23-20-53-5)7-9-36(46)43-33(38(48)41-12-16-56-22-19-52-4)6-8-35(45)40-11-15-55-21-18-51-3/h32-34H,6-31H2,1-5H3,(H,40,45)(H,41,48)(H,42,49)(H,43,46)(H,44,47)(H,50,63)/p-1. The third kappa shape index (κ3) is 37.4. The van der Waals surface area contributed by atoms with Crippen molar-refractivity contribution >= 4 is 47.8 Å². The predicted molar refractivity (Wildman–Crippen MR) is 233 cm³/mol. The van der Waals surface area contributed by atoms with E-state index in [1.807, 2.05) is 0 Å². The molecule has 5 N–H and O–H groups in total. The van der Waals surface area contributed by atoms with Gasteiger partial charge in [-0.2, -0.15) is 0 Å². The smallest absolute Gasteiger partial charge is 0.242 e. The number of methoxy groups -OCH3 is 3. The lowest BCUT2D eigenvalue weighted by atomic mass is 10.1. The van der Waals surface area contributed by atoms with Crippen LogP contribution in [0.1, 0.15) is 46.0 Å². The molecule has 0 aromatic heterocycles. The molecule has 0 radical (unpaired) electrons. The van der Waals surface area contributed by atoms with E-state index in [4.69, 9.17) is 63.7 Å². The zero-order valence-electron chi connectivity index (χ0n) is 37.9. The lowest BCUT2D eigenvalue weighted by molar-refractivity contribution is -0.185. The van der Waals surface area contributed by atoms with E-state index >= 15 is 0 Å².